The molecule has 0 bridgehead atoms. The Bertz CT molecular complexity index is 207. The Morgan fingerprint density at radius 1 is 1.38 bits per heavy atom. The van der Waals surface area contributed by atoms with E-state index in [1.807, 2.05) is 25.2 Å². The van der Waals surface area contributed by atoms with Crippen molar-refractivity contribution in [3.63, 3.8) is 0 Å². The highest BCUT2D eigenvalue weighted by Gasteiger charge is 2.16. The lowest BCUT2D eigenvalue weighted by Gasteiger charge is -2.13. The average molecular weight is 178 g/mol. The molecule has 0 atom stereocenters. The second kappa shape index (κ2) is 5.63. The van der Waals surface area contributed by atoms with E-state index in [4.69, 9.17) is 4.74 Å². The minimum atomic E-state index is 0.433. The van der Waals surface area contributed by atoms with Gasteiger partial charge in [0.1, 0.15) is 5.76 Å². The second-order valence-electron chi connectivity index (χ2n) is 3.33. The Morgan fingerprint density at radius 2 is 2.08 bits per heavy atom. The van der Waals surface area contributed by atoms with E-state index in [9.17, 15) is 0 Å². The van der Waals surface area contributed by atoms with Crippen LogP contribution >= 0.6 is 0 Å². The fourth-order valence-electron chi connectivity index (χ4n) is 1.61. The Morgan fingerprint density at radius 3 is 2.62 bits per heavy atom. The molecule has 0 saturated heterocycles. The number of allylic oxidation sites excluding steroid dienone is 4. The smallest absolute Gasteiger partial charge is 0.119 e. The molecule has 1 aliphatic carbocycles. The molecule has 0 radical (unpaired) electrons. The molecule has 0 aromatic carbocycles. The summed E-state index contributed by atoms with van der Waals surface area (Å²) in [6, 6.07) is 0. The zero-order chi connectivity index (χ0) is 9.52. The highest BCUT2D eigenvalue weighted by molar-refractivity contribution is 5.16. The minimum Gasteiger partial charge on any atom is -0.490 e. The number of rotatable bonds is 4. The zero-order valence-electron chi connectivity index (χ0n) is 8.33. The molecule has 0 unspecified atom stereocenters. The van der Waals surface area contributed by atoms with Gasteiger partial charge >= 0.3 is 0 Å². The van der Waals surface area contributed by atoms with Crippen LogP contribution in [-0.2, 0) is 4.74 Å². The molecule has 1 heteroatoms. The third-order valence-corrected chi connectivity index (χ3v) is 2.22. The molecule has 1 aliphatic rings. The predicted molar refractivity (Wildman–Crippen MR) is 56.4 cm³/mol. The first kappa shape index (κ1) is 10.1. The molecule has 0 spiro atoms. The van der Waals surface area contributed by atoms with Gasteiger partial charge in [0.25, 0.3) is 0 Å². The van der Waals surface area contributed by atoms with Gasteiger partial charge in [-0.2, -0.15) is 0 Å². The van der Waals surface area contributed by atoms with Crippen molar-refractivity contribution in [3.8, 4) is 0 Å². The molecule has 1 fully saturated rings. The largest absolute Gasteiger partial charge is 0.490 e. The number of hydrogen-bond donors (Lipinski definition) is 0. The van der Waals surface area contributed by atoms with Crippen LogP contribution in [0.25, 0.3) is 0 Å². The standard InChI is InChI=1S/C12H18O/c1-3-7-11(8-4-2)13-12-9-5-6-10-12/h3-4,7-8,12H,1,5-6,9-10H2,2H3/b8-4-,11-7+. The molecule has 1 rings (SSSR count). The van der Waals surface area contributed by atoms with E-state index in [-0.39, 0.29) is 0 Å². The fraction of sp³-hybridized carbons (Fsp3) is 0.500. The maximum absolute atomic E-state index is 5.80. The Hall–Kier alpha value is -0.980. The van der Waals surface area contributed by atoms with E-state index in [0.717, 1.165) is 5.76 Å². The second-order valence-corrected chi connectivity index (χ2v) is 3.33. The predicted octanol–water partition coefficient (Wildman–Crippen LogP) is 3.59. The lowest BCUT2D eigenvalue weighted by atomic mass is 10.3. The van der Waals surface area contributed by atoms with Crippen LogP contribution < -0.4 is 0 Å². The lowest BCUT2D eigenvalue weighted by Crippen LogP contribution is -2.05. The molecule has 0 aromatic rings. The zero-order valence-corrected chi connectivity index (χ0v) is 8.33. The van der Waals surface area contributed by atoms with Crippen molar-refractivity contribution >= 4 is 0 Å². The molecule has 1 nitrogen and oxygen atoms in total. The fourth-order valence-corrected chi connectivity index (χ4v) is 1.61. The summed E-state index contributed by atoms with van der Waals surface area (Å²) in [5, 5.41) is 0. The first-order valence-corrected chi connectivity index (χ1v) is 4.99. The van der Waals surface area contributed by atoms with E-state index >= 15 is 0 Å². The molecule has 0 heterocycles. The Balaban J connectivity index is 2.46. The van der Waals surface area contributed by atoms with Gasteiger partial charge in [-0.15, -0.1) is 0 Å². The van der Waals surface area contributed by atoms with Crippen molar-refractivity contribution in [3.05, 3.63) is 36.6 Å². The molecule has 0 N–H and O–H groups in total. The SMILES string of the molecule is C=C/C=C(\C=C/C)OC1CCCC1. The van der Waals surface area contributed by atoms with Gasteiger partial charge in [-0.05, 0) is 44.8 Å². The summed E-state index contributed by atoms with van der Waals surface area (Å²) in [5.41, 5.74) is 0. The monoisotopic (exact) mass is 178 g/mol. The van der Waals surface area contributed by atoms with Crippen LogP contribution in [0.2, 0.25) is 0 Å². The molecular weight excluding hydrogens is 160 g/mol. The van der Waals surface area contributed by atoms with Gasteiger partial charge < -0.3 is 4.74 Å². The van der Waals surface area contributed by atoms with Crippen LogP contribution in [0.1, 0.15) is 32.6 Å². The normalized spacial score (nSPS) is 19.6. The van der Waals surface area contributed by atoms with Gasteiger partial charge in [0.2, 0.25) is 0 Å². The molecule has 1 saturated carbocycles. The first-order valence-electron chi connectivity index (χ1n) is 4.99. The highest BCUT2D eigenvalue weighted by Crippen LogP contribution is 2.23. The summed E-state index contributed by atoms with van der Waals surface area (Å²) in [6.07, 6.45) is 13.1. The van der Waals surface area contributed by atoms with Crippen LogP contribution in [0.15, 0.2) is 36.6 Å². The third-order valence-electron chi connectivity index (χ3n) is 2.22. The van der Waals surface area contributed by atoms with Crippen molar-refractivity contribution < 1.29 is 4.74 Å². The van der Waals surface area contributed by atoms with E-state index in [2.05, 4.69) is 6.58 Å². The summed E-state index contributed by atoms with van der Waals surface area (Å²) < 4.78 is 5.80. The number of hydrogen-bond acceptors (Lipinski definition) is 1. The molecule has 0 aromatic heterocycles. The van der Waals surface area contributed by atoms with E-state index < -0.39 is 0 Å². The average Bonchev–Trinajstić information content (AvgIpc) is 2.58. The molecule has 72 valence electrons. The van der Waals surface area contributed by atoms with Gasteiger partial charge in [0.05, 0.1) is 6.10 Å². The van der Waals surface area contributed by atoms with Crippen LogP contribution in [0, 0.1) is 0 Å². The molecule has 0 amide bonds. The van der Waals surface area contributed by atoms with Crippen LogP contribution in [0.3, 0.4) is 0 Å². The maximum atomic E-state index is 5.80. The van der Waals surface area contributed by atoms with Crippen molar-refractivity contribution in [1.29, 1.82) is 0 Å². The lowest BCUT2D eigenvalue weighted by molar-refractivity contribution is 0.131. The van der Waals surface area contributed by atoms with Gasteiger partial charge in [-0.1, -0.05) is 18.7 Å². The Kier molecular flexibility index (Phi) is 4.37. The van der Waals surface area contributed by atoms with Crippen LogP contribution in [0.5, 0.6) is 0 Å². The quantitative estimate of drug-likeness (QED) is 0.472. The van der Waals surface area contributed by atoms with Crippen molar-refractivity contribution in [2.45, 2.75) is 38.7 Å². The van der Waals surface area contributed by atoms with E-state index in [1.54, 1.807) is 6.08 Å². The summed E-state index contributed by atoms with van der Waals surface area (Å²) in [6.45, 7) is 5.66. The summed E-state index contributed by atoms with van der Waals surface area (Å²) in [5.74, 6) is 0.935. The highest BCUT2D eigenvalue weighted by atomic mass is 16.5. The number of ether oxygens (including phenoxy) is 1. The topological polar surface area (TPSA) is 9.23 Å². The van der Waals surface area contributed by atoms with Gasteiger partial charge in [0.15, 0.2) is 0 Å². The van der Waals surface area contributed by atoms with Crippen LogP contribution in [-0.4, -0.2) is 6.10 Å². The summed E-state index contributed by atoms with van der Waals surface area (Å²) >= 11 is 0. The minimum absolute atomic E-state index is 0.433. The van der Waals surface area contributed by atoms with Crippen molar-refractivity contribution in [2.75, 3.05) is 0 Å². The first-order chi connectivity index (χ1) is 6.36. The van der Waals surface area contributed by atoms with Gasteiger partial charge in [0, 0.05) is 0 Å². The van der Waals surface area contributed by atoms with E-state index in [0.29, 0.717) is 6.10 Å². The summed E-state index contributed by atoms with van der Waals surface area (Å²) in [7, 11) is 0. The Labute approximate surface area is 80.8 Å². The molecular formula is C12H18O. The van der Waals surface area contributed by atoms with Gasteiger partial charge in [-0.3, -0.25) is 0 Å². The third kappa shape index (κ3) is 3.49. The molecule has 13 heavy (non-hydrogen) atoms. The maximum Gasteiger partial charge on any atom is 0.119 e. The summed E-state index contributed by atoms with van der Waals surface area (Å²) in [4.78, 5) is 0. The van der Waals surface area contributed by atoms with Crippen molar-refractivity contribution in [2.24, 2.45) is 0 Å². The van der Waals surface area contributed by atoms with E-state index in [1.165, 1.54) is 25.7 Å². The molecule has 0 aliphatic heterocycles. The van der Waals surface area contributed by atoms with Crippen molar-refractivity contribution in [1.82, 2.24) is 0 Å². The van der Waals surface area contributed by atoms with Crippen LogP contribution in [0.4, 0.5) is 0 Å². The van der Waals surface area contributed by atoms with Gasteiger partial charge in [-0.25, -0.2) is 0 Å².